The molecule has 0 rings (SSSR count). The summed E-state index contributed by atoms with van der Waals surface area (Å²) in [5.41, 5.74) is 4.79. The molecule has 0 saturated heterocycles. The van der Waals surface area contributed by atoms with Crippen LogP contribution in [0.3, 0.4) is 0 Å². The highest BCUT2D eigenvalue weighted by Crippen LogP contribution is 2.05. The molecule has 0 aromatic rings. The maximum atomic E-state index is 10.3. The molecule has 0 aromatic carbocycles. The number of aliphatic hydroxyl groups is 1. The lowest BCUT2D eigenvalue weighted by Crippen LogP contribution is -2.04. The molecule has 0 aliphatic carbocycles. The predicted octanol–water partition coefficient (Wildman–Crippen LogP) is 0.541. The van der Waals surface area contributed by atoms with Crippen molar-refractivity contribution in [2.45, 2.75) is 0 Å². The van der Waals surface area contributed by atoms with Crippen LogP contribution in [0.15, 0.2) is 36.3 Å². The van der Waals surface area contributed by atoms with E-state index in [4.69, 9.17) is 15.9 Å². The van der Waals surface area contributed by atoms with Gasteiger partial charge in [0.15, 0.2) is 0 Å². The molecule has 11 heavy (non-hydrogen) atoms. The maximum Gasteiger partial charge on any atom is 0.339 e. The predicted molar refractivity (Wildman–Crippen MR) is 40.8 cm³/mol. The standard InChI is InChI=1S/C7H9NO3/c1-4(8)3-6(5(2)9)7(10)11/h3,9H,1-2,8H2,(H,10,11)/b6-3+. The first-order valence-electron chi connectivity index (χ1n) is 2.72. The summed E-state index contributed by atoms with van der Waals surface area (Å²) in [6.45, 7) is 6.29. The Hall–Kier alpha value is -1.71. The van der Waals surface area contributed by atoms with E-state index in [0.717, 1.165) is 6.08 Å². The van der Waals surface area contributed by atoms with Crippen molar-refractivity contribution in [2.75, 3.05) is 0 Å². The first-order valence-corrected chi connectivity index (χ1v) is 2.72. The van der Waals surface area contributed by atoms with E-state index in [0.29, 0.717) is 0 Å². The van der Waals surface area contributed by atoms with E-state index in [-0.39, 0.29) is 11.3 Å². The third-order valence-corrected chi connectivity index (χ3v) is 0.871. The highest BCUT2D eigenvalue weighted by atomic mass is 16.4. The Bertz CT molecular complexity index is 224. The largest absolute Gasteiger partial charge is 0.508 e. The Kier molecular flexibility index (Phi) is 2.92. The van der Waals surface area contributed by atoms with Gasteiger partial charge < -0.3 is 15.9 Å². The Morgan fingerprint density at radius 2 is 1.82 bits per heavy atom. The fraction of sp³-hybridized carbons (Fsp3) is 0. The maximum absolute atomic E-state index is 10.3. The molecule has 0 saturated carbocycles. The molecule has 0 aliphatic rings. The molecule has 0 amide bonds. The van der Waals surface area contributed by atoms with Crippen molar-refractivity contribution in [1.29, 1.82) is 0 Å². The van der Waals surface area contributed by atoms with Crippen LogP contribution >= 0.6 is 0 Å². The number of allylic oxidation sites excluding steroid dienone is 1. The molecule has 0 unspecified atom stereocenters. The van der Waals surface area contributed by atoms with Gasteiger partial charge in [0.25, 0.3) is 0 Å². The second-order valence-corrected chi connectivity index (χ2v) is 1.88. The fourth-order valence-electron chi connectivity index (χ4n) is 0.454. The summed E-state index contributed by atoms with van der Waals surface area (Å²) in [7, 11) is 0. The van der Waals surface area contributed by atoms with Crippen molar-refractivity contribution >= 4 is 5.97 Å². The van der Waals surface area contributed by atoms with E-state index in [1.807, 2.05) is 0 Å². The van der Waals surface area contributed by atoms with E-state index < -0.39 is 11.7 Å². The lowest BCUT2D eigenvalue weighted by atomic mass is 10.2. The molecule has 0 aromatic heterocycles. The average molecular weight is 155 g/mol. The molecule has 0 fully saturated rings. The zero-order valence-corrected chi connectivity index (χ0v) is 5.87. The van der Waals surface area contributed by atoms with Gasteiger partial charge in [-0.05, 0) is 6.08 Å². The van der Waals surface area contributed by atoms with Gasteiger partial charge in [-0.3, -0.25) is 0 Å². The highest BCUT2D eigenvalue weighted by molar-refractivity contribution is 5.91. The summed E-state index contributed by atoms with van der Waals surface area (Å²) in [6, 6.07) is 0. The van der Waals surface area contributed by atoms with Crippen LogP contribution in [0.2, 0.25) is 0 Å². The lowest BCUT2D eigenvalue weighted by Gasteiger charge is -1.97. The Morgan fingerprint density at radius 1 is 1.36 bits per heavy atom. The smallest absolute Gasteiger partial charge is 0.339 e. The number of carbonyl (C=O) groups is 1. The summed E-state index contributed by atoms with van der Waals surface area (Å²) in [4.78, 5) is 10.3. The van der Waals surface area contributed by atoms with Crippen LogP contribution in [0.5, 0.6) is 0 Å². The van der Waals surface area contributed by atoms with Gasteiger partial charge in [-0.1, -0.05) is 13.2 Å². The van der Waals surface area contributed by atoms with Crippen molar-refractivity contribution in [1.82, 2.24) is 0 Å². The fourth-order valence-corrected chi connectivity index (χ4v) is 0.454. The van der Waals surface area contributed by atoms with E-state index in [9.17, 15) is 4.79 Å². The van der Waals surface area contributed by atoms with E-state index >= 15 is 0 Å². The summed E-state index contributed by atoms with van der Waals surface area (Å²) >= 11 is 0. The van der Waals surface area contributed by atoms with Crippen LogP contribution in [0.1, 0.15) is 0 Å². The Balaban J connectivity index is 4.75. The molecule has 4 heteroatoms. The monoisotopic (exact) mass is 155 g/mol. The van der Waals surface area contributed by atoms with Crippen LogP contribution < -0.4 is 5.73 Å². The third-order valence-electron chi connectivity index (χ3n) is 0.871. The van der Waals surface area contributed by atoms with Gasteiger partial charge in [0.05, 0.1) is 0 Å². The Morgan fingerprint density at radius 3 is 1.91 bits per heavy atom. The van der Waals surface area contributed by atoms with Crippen LogP contribution in [0.4, 0.5) is 0 Å². The minimum absolute atomic E-state index is 0.0533. The number of hydrogen-bond acceptors (Lipinski definition) is 3. The molecule has 0 bridgehead atoms. The van der Waals surface area contributed by atoms with Crippen LogP contribution in [-0.4, -0.2) is 16.2 Å². The summed E-state index contributed by atoms with van der Waals surface area (Å²) in [5, 5.41) is 17.1. The van der Waals surface area contributed by atoms with Crippen molar-refractivity contribution in [3.63, 3.8) is 0 Å². The normalized spacial score (nSPS) is 10.7. The summed E-state index contributed by atoms with van der Waals surface area (Å²) in [6.07, 6.45) is 1.03. The summed E-state index contributed by atoms with van der Waals surface area (Å²) in [5.74, 6) is -1.83. The second kappa shape index (κ2) is 3.46. The topological polar surface area (TPSA) is 83.5 Å². The second-order valence-electron chi connectivity index (χ2n) is 1.88. The first-order chi connectivity index (χ1) is 4.95. The van der Waals surface area contributed by atoms with Gasteiger partial charge in [0, 0.05) is 5.70 Å². The van der Waals surface area contributed by atoms with Crippen LogP contribution in [-0.2, 0) is 4.79 Å². The Labute approximate surface area is 63.9 Å². The average Bonchev–Trinajstić information content (AvgIpc) is 1.81. The van der Waals surface area contributed by atoms with Gasteiger partial charge in [0.1, 0.15) is 11.3 Å². The molecular weight excluding hydrogens is 146 g/mol. The van der Waals surface area contributed by atoms with E-state index in [1.54, 1.807) is 0 Å². The van der Waals surface area contributed by atoms with Crippen molar-refractivity contribution in [3.8, 4) is 0 Å². The SMILES string of the molecule is C=C(N)/C=C(\C(=C)O)C(=O)O. The first kappa shape index (κ1) is 9.29. The molecule has 0 atom stereocenters. The molecule has 4 nitrogen and oxygen atoms in total. The lowest BCUT2D eigenvalue weighted by molar-refractivity contribution is -0.132. The molecule has 0 aliphatic heterocycles. The van der Waals surface area contributed by atoms with Crippen LogP contribution in [0, 0.1) is 0 Å². The number of rotatable bonds is 3. The van der Waals surface area contributed by atoms with E-state index in [2.05, 4.69) is 13.2 Å². The molecule has 60 valence electrons. The zero-order valence-electron chi connectivity index (χ0n) is 5.87. The number of nitrogens with two attached hydrogens (primary N) is 1. The molecule has 0 heterocycles. The number of carboxylic acids is 1. The summed E-state index contributed by atoms with van der Waals surface area (Å²) < 4.78 is 0. The minimum atomic E-state index is -1.29. The molecule has 0 radical (unpaired) electrons. The zero-order chi connectivity index (χ0) is 9.02. The van der Waals surface area contributed by atoms with Crippen molar-refractivity contribution in [2.24, 2.45) is 5.73 Å². The van der Waals surface area contributed by atoms with Gasteiger partial charge in [-0.2, -0.15) is 0 Å². The molecule has 0 spiro atoms. The third kappa shape index (κ3) is 3.10. The van der Waals surface area contributed by atoms with Gasteiger partial charge in [-0.15, -0.1) is 0 Å². The minimum Gasteiger partial charge on any atom is -0.508 e. The number of aliphatic carboxylic acids is 1. The van der Waals surface area contributed by atoms with Gasteiger partial charge in [-0.25, -0.2) is 4.79 Å². The van der Waals surface area contributed by atoms with Crippen molar-refractivity contribution < 1.29 is 15.0 Å². The number of aliphatic hydroxyl groups excluding tert-OH is 1. The van der Waals surface area contributed by atoms with Crippen LogP contribution in [0.25, 0.3) is 0 Å². The number of hydrogen-bond donors (Lipinski definition) is 3. The van der Waals surface area contributed by atoms with Gasteiger partial charge in [0.2, 0.25) is 0 Å². The number of carboxylic acid groups (broad SMARTS) is 1. The van der Waals surface area contributed by atoms with Crippen molar-refractivity contribution in [3.05, 3.63) is 36.3 Å². The highest BCUT2D eigenvalue weighted by Gasteiger charge is 2.09. The van der Waals surface area contributed by atoms with E-state index in [1.165, 1.54) is 0 Å². The quantitative estimate of drug-likeness (QED) is 0.315. The van der Waals surface area contributed by atoms with Gasteiger partial charge >= 0.3 is 5.97 Å². The molecule has 4 N–H and O–H groups in total. The molecular formula is C7H9NO3.